The average Bonchev–Trinajstić information content (AvgIpc) is 3.20. The lowest BCUT2D eigenvalue weighted by Crippen LogP contribution is -2.47. The summed E-state index contributed by atoms with van der Waals surface area (Å²) in [7, 11) is 2.16. The number of rotatable bonds is 7. The smallest absolute Gasteiger partial charge is 0.323 e. The Morgan fingerprint density at radius 2 is 2.00 bits per heavy atom. The molecule has 0 aromatic carbocycles. The molecule has 1 atom stereocenters. The molecule has 2 fully saturated rings. The Morgan fingerprint density at radius 3 is 2.58 bits per heavy atom. The lowest BCUT2D eigenvalue weighted by Gasteiger charge is -2.33. The monoisotopic (exact) mass is 269 g/mol. The summed E-state index contributed by atoms with van der Waals surface area (Å²) in [5, 5.41) is 3.41. The van der Waals surface area contributed by atoms with E-state index in [2.05, 4.69) is 22.2 Å². The second-order valence-electron chi connectivity index (χ2n) is 5.68. The van der Waals surface area contributed by atoms with Gasteiger partial charge < -0.3 is 19.9 Å². The van der Waals surface area contributed by atoms with Crippen LogP contribution in [0.15, 0.2) is 0 Å². The summed E-state index contributed by atoms with van der Waals surface area (Å²) in [5.41, 5.74) is 0. The standard InChI is InChI=1S/C14H27N3O2/c1-3-19-14(18)13(15-12-4-5-12)6-7-17-10-8-16(2)9-11-17/h12-13,15H,3-11H2,1-2H3. The summed E-state index contributed by atoms with van der Waals surface area (Å²) < 4.78 is 5.16. The Balaban J connectivity index is 1.73. The molecule has 1 unspecified atom stereocenters. The normalized spacial score (nSPS) is 23.3. The Bertz CT molecular complexity index is 286. The van der Waals surface area contributed by atoms with Crippen LogP contribution in [0, 0.1) is 0 Å². The van der Waals surface area contributed by atoms with Crippen LogP contribution in [0.25, 0.3) is 0 Å². The molecule has 0 aromatic heterocycles. The summed E-state index contributed by atoms with van der Waals surface area (Å²) in [4.78, 5) is 16.7. The van der Waals surface area contributed by atoms with E-state index in [0.29, 0.717) is 12.6 Å². The van der Waals surface area contributed by atoms with Crippen molar-refractivity contribution < 1.29 is 9.53 Å². The number of hydrogen-bond donors (Lipinski definition) is 1. The molecule has 1 aliphatic heterocycles. The predicted octanol–water partition coefficient (Wildman–Crippen LogP) is 0.308. The van der Waals surface area contributed by atoms with Gasteiger partial charge in [0.25, 0.3) is 0 Å². The quantitative estimate of drug-likeness (QED) is 0.674. The molecular weight excluding hydrogens is 242 g/mol. The maximum absolute atomic E-state index is 11.9. The molecule has 5 heteroatoms. The highest BCUT2D eigenvalue weighted by Crippen LogP contribution is 2.20. The van der Waals surface area contributed by atoms with Crippen molar-refractivity contribution in [2.24, 2.45) is 0 Å². The summed E-state index contributed by atoms with van der Waals surface area (Å²) >= 11 is 0. The molecule has 1 aliphatic carbocycles. The van der Waals surface area contributed by atoms with Crippen LogP contribution in [-0.4, -0.2) is 74.2 Å². The number of ether oxygens (including phenoxy) is 1. The van der Waals surface area contributed by atoms with E-state index in [1.807, 2.05) is 6.92 Å². The first-order valence-corrected chi connectivity index (χ1v) is 7.52. The minimum absolute atomic E-state index is 0.0801. The van der Waals surface area contributed by atoms with E-state index in [1.165, 1.54) is 12.8 Å². The molecular formula is C14H27N3O2. The molecule has 0 bridgehead atoms. The van der Waals surface area contributed by atoms with Crippen LogP contribution < -0.4 is 5.32 Å². The number of esters is 1. The third kappa shape index (κ3) is 5.09. The van der Waals surface area contributed by atoms with E-state index in [0.717, 1.165) is 39.1 Å². The number of hydrogen-bond acceptors (Lipinski definition) is 5. The summed E-state index contributed by atoms with van der Waals surface area (Å²) in [6, 6.07) is 0.425. The fourth-order valence-electron chi connectivity index (χ4n) is 2.43. The molecule has 1 saturated heterocycles. The van der Waals surface area contributed by atoms with Gasteiger partial charge in [-0.1, -0.05) is 0 Å². The van der Waals surface area contributed by atoms with Crippen molar-refractivity contribution in [2.45, 2.75) is 38.3 Å². The fraction of sp³-hybridized carbons (Fsp3) is 0.929. The van der Waals surface area contributed by atoms with Gasteiger partial charge in [0.05, 0.1) is 6.61 Å². The first-order chi connectivity index (χ1) is 9.19. The second-order valence-corrected chi connectivity index (χ2v) is 5.68. The van der Waals surface area contributed by atoms with Crippen LogP contribution in [-0.2, 0) is 9.53 Å². The largest absolute Gasteiger partial charge is 0.465 e. The fourth-order valence-corrected chi connectivity index (χ4v) is 2.43. The van der Waals surface area contributed by atoms with Gasteiger partial charge in [-0.25, -0.2) is 0 Å². The number of nitrogens with zero attached hydrogens (tertiary/aromatic N) is 2. The molecule has 1 heterocycles. The third-order valence-electron chi connectivity index (χ3n) is 3.92. The molecule has 0 amide bonds. The van der Waals surface area contributed by atoms with Crippen LogP contribution in [0.2, 0.25) is 0 Å². The number of likely N-dealkylation sites (N-methyl/N-ethyl adjacent to an activating group) is 1. The van der Waals surface area contributed by atoms with Crippen LogP contribution in [0.1, 0.15) is 26.2 Å². The Labute approximate surface area is 116 Å². The molecule has 2 rings (SSSR count). The predicted molar refractivity (Wildman–Crippen MR) is 75.1 cm³/mol. The van der Waals surface area contributed by atoms with Crippen molar-refractivity contribution >= 4 is 5.97 Å². The zero-order valence-corrected chi connectivity index (χ0v) is 12.2. The highest BCUT2D eigenvalue weighted by molar-refractivity contribution is 5.75. The minimum Gasteiger partial charge on any atom is -0.465 e. The first kappa shape index (κ1) is 14.8. The Morgan fingerprint density at radius 1 is 1.32 bits per heavy atom. The van der Waals surface area contributed by atoms with Crippen LogP contribution >= 0.6 is 0 Å². The topological polar surface area (TPSA) is 44.8 Å². The van der Waals surface area contributed by atoms with E-state index >= 15 is 0 Å². The zero-order chi connectivity index (χ0) is 13.7. The van der Waals surface area contributed by atoms with Gasteiger partial charge in [0.2, 0.25) is 0 Å². The number of carbonyl (C=O) groups excluding carboxylic acids is 1. The van der Waals surface area contributed by atoms with E-state index in [9.17, 15) is 4.79 Å². The van der Waals surface area contributed by atoms with Crippen molar-refractivity contribution in [3.8, 4) is 0 Å². The number of nitrogens with one attached hydrogen (secondary N) is 1. The van der Waals surface area contributed by atoms with E-state index in [1.54, 1.807) is 0 Å². The van der Waals surface area contributed by atoms with Gasteiger partial charge >= 0.3 is 5.97 Å². The van der Waals surface area contributed by atoms with Crippen LogP contribution in [0.3, 0.4) is 0 Å². The van der Waals surface area contributed by atoms with E-state index in [4.69, 9.17) is 4.74 Å². The van der Waals surface area contributed by atoms with Crippen molar-refractivity contribution in [3.05, 3.63) is 0 Å². The van der Waals surface area contributed by atoms with Gasteiger partial charge in [-0.2, -0.15) is 0 Å². The minimum atomic E-state index is -0.118. The van der Waals surface area contributed by atoms with Crippen molar-refractivity contribution in [3.63, 3.8) is 0 Å². The average molecular weight is 269 g/mol. The second kappa shape index (κ2) is 7.22. The van der Waals surface area contributed by atoms with E-state index < -0.39 is 0 Å². The summed E-state index contributed by atoms with van der Waals surface area (Å²) in [5.74, 6) is -0.0801. The lowest BCUT2D eigenvalue weighted by molar-refractivity contribution is -0.146. The van der Waals surface area contributed by atoms with E-state index in [-0.39, 0.29) is 12.0 Å². The molecule has 5 nitrogen and oxygen atoms in total. The van der Waals surface area contributed by atoms with Gasteiger partial charge in [-0.3, -0.25) is 4.79 Å². The van der Waals surface area contributed by atoms with Crippen molar-refractivity contribution in [1.82, 2.24) is 15.1 Å². The summed E-state index contributed by atoms with van der Waals surface area (Å²) in [6.07, 6.45) is 3.26. The molecule has 1 N–H and O–H groups in total. The molecule has 0 spiro atoms. The van der Waals surface area contributed by atoms with Crippen molar-refractivity contribution in [2.75, 3.05) is 46.4 Å². The zero-order valence-electron chi connectivity index (χ0n) is 12.2. The molecule has 19 heavy (non-hydrogen) atoms. The third-order valence-corrected chi connectivity index (χ3v) is 3.92. The van der Waals surface area contributed by atoms with Gasteiger partial charge in [-0.05, 0) is 33.2 Å². The van der Waals surface area contributed by atoms with Crippen molar-refractivity contribution in [1.29, 1.82) is 0 Å². The van der Waals surface area contributed by atoms with Gasteiger partial charge in [0, 0.05) is 38.8 Å². The Kier molecular flexibility index (Phi) is 5.60. The highest BCUT2D eigenvalue weighted by atomic mass is 16.5. The molecule has 110 valence electrons. The SMILES string of the molecule is CCOC(=O)C(CCN1CCN(C)CC1)NC1CC1. The van der Waals surface area contributed by atoms with Crippen LogP contribution in [0.4, 0.5) is 0 Å². The number of piperazine rings is 1. The summed E-state index contributed by atoms with van der Waals surface area (Å²) in [6.45, 7) is 7.78. The first-order valence-electron chi connectivity index (χ1n) is 7.52. The highest BCUT2D eigenvalue weighted by Gasteiger charge is 2.29. The molecule has 0 radical (unpaired) electrons. The number of carbonyl (C=O) groups is 1. The van der Waals surface area contributed by atoms with Gasteiger partial charge in [0.15, 0.2) is 0 Å². The molecule has 2 aliphatic rings. The maximum atomic E-state index is 11.9. The Hall–Kier alpha value is -0.650. The lowest BCUT2D eigenvalue weighted by atomic mass is 10.2. The molecule has 1 saturated carbocycles. The molecule has 0 aromatic rings. The van der Waals surface area contributed by atoms with Gasteiger partial charge in [-0.15, -0.1) is 0 Å². The maximum Gasteiger partial charge on any atom is 0.323 e. The van der Waals surface area contributed by atoms with Crippen LogP contribution in [0.5, 0.6) is 0 Å². The van der Waals surface area contributed by atoms with Gasteiger partial charge in [0.1, 0.15) is 6.04 Å².